The Morgan fingerprint density at radius 1 is 1.41 bits per heavy atom. The average molecular weight is 366 g/mol. The lowest BCUT2D eigenvalue weighted by molar-refractivity contribution is 0.0249. The number of anilines is 1. The Morgan fingerprint density at radius 2 is 2.19 bits per heavy atom. The second kappa shape index (κ2) is 8.60. The molecule has 0 spiro atoms. The van der Waals surface area contributed by atoms with Gasteiger partial charge in [0.25, 0.3) is 0 Å². The zero-order valence-electron chi connectivity index (χ0n) is 15.5. The molecular formula is C20H22N4O3. The zero-order valence-corrected chi connectivity index (χ0v) is 15.5. The van der Waals surface area contributed by atoms with E-state index in [4.69, 9.17) is 9.47 Å². The molecule has 7 heteroatoms. The van der Waals surface area contributed by atoms with Gasteiger partial charge in [-0.25, -0.2) is 9.78 Å². The van der Waals surface area contributed by atoms with Crippen LogP contribution in [-0.2, 0) is 16.1 Å². The van der Waals surface area contributed by atoms with Gasteiger partial charge in [-0.1, -0.05) is 6.07 Å². The van der Waals surface area contributed by atoms with Gasteiger partial charge < -0.3 is 14.4 Å². The minimum absolute atomic E-state index is 0.0948. The van der Waals surface area contributed by atoms with Gasteiger partial charge in [0.1, 0.15) is 11.9 Å². The topological polar surface area (TPSA) is 88.3 Å². The van der Waals surface area contributed by atoms with E-state index >= 15 is 0 Å². The predicted octanol–water partition coefficient (Wildman–Crippen LogP) is 2.63. The first kappa shape index (κ1) is 18.8. The number of aromatic nitrogens is 2. The molecule has 0 aliphatic carbocycles. The molecule has 0 saturated carbocycles. The maximum atomic E-state index is 11.8. The lowest BCUT2D eigenvalue weighted by atomic mass is 10.1. The SMILES string of the molecule is COC(=O)c1cc(C)c(N2CCC(OCc3cccnc3)CC2)nc1C#N. The van der Waals surface area contributed by atoms with E-state index in [1.165, 1.54) is 7.11 Å². The second-order valence-corrected chi connectivity index (χ2v) is 6.49. The molecule has 0 amide bonds. The molecule has 27 heavy (non-hydrogen) atoms. The van der Waals surface area contributed by atoms with Crippen molar-refractivity contribution in [1.29, 1.82) is 5.26 Å². The monoisotopic (exact) mass is 366 g/mol. The summed E-state index contributed by atoms with van der Waals surface area (Å²) in [6.45, 7) is 4.02. The third kappa shape index (κ3) is 4.41. The van der Waals surface area contributed by atoms with Gasteiger partial charge in [0, 0.05) is 25.5 Å². The number of rotatable bonds is 5. The van der Waals surface area contributed by atoms with Gasteiger partial charge in [0.05, 0.1) is 25.4 Å². The van der Waals surface area contributed by atoms with Crippen molar-refractivity contribution in [2.24, 2.45) is 0 Å². The first-order valence-corrected chi connectivity index (χ1v) is 8.88. The Bertz CT molecular complexity index is 840. The van der Waals surface area contributed by atoms with Crippen molar-refractivity contribution in [3.8, 4) is 6.07 Å². The lowest BCUT2D eigenvalue weighted by Gasteiger charge is -2.33. The molecule has 3 heterocycles. The summed E-state index contributed by atoms with van der Waals surface area (Å²) in [7, 11) is 1.29. The molecule has 0 radical (unpaired) electrons. The van der Waals surface area contributed by atoms with E-state index in [1.54, 1.807) is 12.3 Å². The molecule has 3 rings (SSSR count). The molecule has 1 fully saturated rings. The van der Waals surface area contributed by atoms with Crippen LogP contribution < -0.4 is 4.90 Å². The maximum Gasteiger partial charge on any atom is 0.340 e. The smallest absolute Gasteiger partial charge is 0.340 e. The number of ether oxygens (including phenoxy) is 2. The molecule has 0 atom stereocenters. The van der Waals surface area contributed by atoms with Gasteiger partial charge in [-0.05, 0) is 43.0 Å². The van der Waals surface area contributed by atoms with Gasteiger partial charge in [-0.3, -0.25) is 4.98 Å². The van der Waals surface area contributed by atoms with Crippen molar-refractivity contribution in [3.05, 3.63) is 53.0 Å². The van der Waals surface area contributed by atoms with Crippen LogP contribution in [0, 0.1) is 18.3 Å². The molecule has 1 aliphatic heterocycles. The summed E-state index contributed by atoms with van der Waals surface area (Å²) >= 11 is 0. The van der Waals surface area contributed by atoms with Gasteiger partial charge in [-0.15, -0.1) is 0 Å². The van der Waals surface area contributed by atoms with E-state index in [1.807, 2.05) is 31.3 Å². The Balaban J connectivity index is 1.64. The molecule has 2 aromatic heterocycles. The standard InChI is InChI=1S/C20H22N4O3/c1-14-10-17(20(25)26-2)18(11-21)23-19(14)24-8-5-16(6-9-24)27-13-15-4-3-7-22-12-15/h3-4,7,10,12,16H,5-6,8-9,13H2,1-2H3. The third-order valence-electron chi connectivity index (χ3n) is 4.65. The van der Waals surface area contributed by atoms with E-state index in [0.717, 1.165) is 42.9 Å². The van der Waals surface area contributed by atoms with Crippen molar-refractivity contribution >= 4 is 11.8 Å². The van der Waals surface area contributed by atoms with Crippen LogP contribution in [-0.4, -0.2) is 42.2 Å². The van der Waals surface area contributed by atoms with Gasteiger partial charge in [0.15, 0.2) is 5.69 Å². The van der Waals surface area contributed by atoms with Gasteiger partial charge >= 0.3 is 5.97 Å². The molecule has 0 bridgehead atoms. The highest BCUT2D eigenvalue weighted by Gasteiger charge is 2.24. The molecule has 0 unspecified atom stereocenters. The number of nitrogens with zero attached hydrogens (tertiary/aromatic N) is 4. The van der Waals surface area contributed by atoms with Gasteiger partial charge in [0.2, 0.25) is 0 Å². The number of methoxy groups -OCH3 is 1. The van der Waals surface area contributed by atoms with Crippen molar-refractivity contribution in [2.75, 3.05) is 25.1 Å². The van der Waals surface area contributed by atoms with E-state index in [-0.39, 0.29) is 17.4 Å². The van der Waals surface area contributed by atoms with Gasteiger partial charge in [-0.2, -0.15) is 5.26 Å². The molecule has 7 nitrogen and oxygen atoms in total. The minimum Gasteiger partial charge on any atom is -0.465 e. The second-order valence-electron chi connectivity index (χ2n) is 6.49. The fraction of sp³-hybridized carbons (Fsp3) is 0.400. The number of piperidine rings is 1. The molecule has 1 saturated heterocycles. The number of aryl methyl sites for hydroxylation is 1. The number of esters is 1. The molecule has 2 aromatic rings. The Morgan fingerprint density at radius 3 is 2.81 bits per heavy atom. The van der Waals surface area contributed by atoms with Crippen LogP contribution in [0.2, 0.25) is 0 Å². The van der Waals surface area contributed by atoms with Crippen LogP contribution >= 0.6 is 0 Å². The highest BCUT2D eigenvalue weighted by molar-refractivity contribution is 5.92. The summed E-state index contributed by atoms with van der Waals surface area (Å²) < 4.78 is 10.7. The first-order chi connectivity index (χ1) is 13.1. The number of hydrogen-bond acceptors (Lipinski definition) is 7. The predicted molar refractivity (Wildman–Crippen MR) is 99.3 cm³/mol. The maximum absolute atomic E-state index is 11.8. The molecule has 0 aromatic carbocycles. The van der Waals surface area contributed by atoms with Crippen molar-refractivity contribution in [2.45, 2.75) is 32.5 Å². The number of carbonyl (C=O) groups is 1. The molecule has 1 aliphatic rings. The Labute approximate surface area is 158 Å². The zero-order chi connectivity index (χ0) is 19.2. The van der Waals surface area contributed by atoms with Crippen molar-refractivity contribution in [1.82, 2.24) is 9.97 Å². The van der Waals surface area contributed by atoms with E-state index in [0.29, 0.717) is 6.61 Å². The van der Waals surface area contributed by atoms with E-state index in [2.05, 4.69) is 14.9 Å². The van der Waals surface area contributed by atoms with Crippen LogP contribution in [0.15, 0.2) is 30.6 Å². The fourth-order valence-electron chi connectivity index (χ4n) is 3.21. The summed E-state index contributed by atoms with van der Waals surface area (Å²) in [5.41, 5.74) is 2.21. The van der Waals surface area contributed by atoms with E-state index in [9.17, 15) is 10.1 Å². The highest BCUT2D eigenvalue weighted by atomic mass is 16.5. The summed E-state index contributed by atoms with van der Waals surface area (Å²) in [4.78, 5) is 22.5. The quantitative estimate of drug-likeness (QED) is 0.752. The van der Waals surface area contributed by atoms with Crippen molar-refractivity contribution < 1.29 is 14.3 Å². The van der Waals surface area contributed by atoms with Crippen molar-refractivity contribution in [3.63, 3.8) is 0 Å². The van der Waals surface area contributed by atoms with Crippen LogP contribution in [0.25, 0.3) is 0 Å². The largest absolute Gasteiger partial charge is 0.465 e. The van der Waals surface area contributed by atoms with Crippen LogP contribution in [0.5, 0.6) is 0 Å². The fourth-order valence-corrected chi connectivity index (χ4v) is 3.21. The van der Waals surface area contributed by atoms with E-state index < -0.39 is 5.97 Å². The lowest BCUT2D eigenvalue weighted by Crippen LogP contribution is -2.38. The molecule has 0 N–H and O–H groups in total. The first-order valence-electron chi connectivity index (χ1n) is 8.88. The highest BCUT2D eigenvalue weighted by Crippen LogP contribution is 2.25. The van der Waals surface area contributed by atoms with Crippen LogP contribution in [0.4, 0.5) is 5.82 Å². The Kier molecular flexibility index (Phi) is 5.99. The molecule has 140 valence electrons. The summed E-state index contributed by atoms with van der Waals surface area (Å²) in [5.74, 6) is 0.195. The molecular weight excluding hydrogens is 344 g/mol. The third-order valence-corrected chi connectivity index (χ3v) is 4.65. The summed E-state index contributed by atoms with van der Waals surface area (Å²) in [6, 6.07) is 7.58. The number of carbonyl (C=O) groups excluding carboxylic acids is 1. The Hall–Kier alpha value is -2.98. The summed E-state index contributed by atoms with van der Waals surface area (Å²) in [5, 5.41) is 9.33. The number of nitriles is 1. The number of hydrogen-bond donors (Lipinski definition) is 0. The van der Waals surface area contributed by atoms with Crippen LogP contribution in [0.1, 0.15) is 40.0 Å². The normalized spacial score (nSPS) is 14.6. The number of pyridine rings is 2. The summed E-state index contributed by atoms with van der Waals surface area (Å²) in [6.07, 6.45) is 5.50. The minimum atomic E-state index is -0.545. The average Bonchev–Trinajstić information content (AvgIpc) is 2.72. The van der Waals surface area contributed by atoms with Crippen LogP contribution in [0.3, 0.4) is 0 Å².